The summed E-state index contributed by atoms with van der Waals surface area (Å²) in [6.45, 7) is 6.39. The van der Waals surface area contributed by atoms with E-state index in [1.165, 1.54) is 18.5 Å². The molecule has 2 aliphatic heterocycles. The van der Waals surface area contributed by atoms with Crippen LogP contribution in [0, 0.1) is 5.92 Å². The molecule has 1 aromatic heterocycles. The summed E-state index contributed by atoms with van der Waals surface area (Å²) >= 11 is 0. The van der Waals surface area contributed by atoms with Crippen LogP contribution in [0.4, 0.5) is 13.2 Å². The van der Waals surface area contributed by atoms with Crippen molar-refractivity contribution in [2.24, 2.45) is 5.92 Å². The number of ether oxygens (including phenoxy) is 2. The van der Waals surface area contributed by atoms with E-state index in [0.717, 1.165) is 70.3 Å². The van der Waals surface area contributed by atoms with Gasteiger partial charge in [-0.05, 0) is 38.0 Å². The SMILES string of the molecule is C1CN(C2CCOCC2)Cc2c(COCC3CC3)nnn2C1.O=C(O)C(F)(F)F. The Morgan fingerprint density at radius 1 is 1.21 bits per heavy atom. The average Bonchev–Trinajstić information content (AvgIpc) is 3.47. The fraction of sp³-hybridized carbons (Fsp3) is 0.833. The number of halogens is 3. The van der Waals surface area contributed by atoms with Crippen LogP contribution in [0.2, 0.25) is 0 Å². The van der Waals surface area contributed by atoms with Gasteiger partial charge in [-0.2, -0.15) is 13.2 Å². The molecule has 0 radical (unpaired) electrons. The first-order valence-electron chi connectivity index (χ1n) is 9.95. The summed E-state index contributed by atoms with van der Waals surface area (Å²) in [4.78, 5) is 11.5. The number of hydrogen-bond acceptors (Lipinski definition) is 6. The van der Waals surface area contributed by atoms with E-state index in [1.807, 2.05) is 0 Å². The summed E-state index contributed by atoms with van der Waals surface area (Å²) in [6.07, 6.45) is 1.02. The zero-order valence-electron chi connectivity index (χ0n) is 16.2. The van der Waals surface area contributed by atoms with Gasteiger partial charge in [-0.3, -0.25) is 4.90 Å². The van der Waals surface area contributed by atoms with Crippen LogP contribution in [0.5, 0.6) is 0 Å². The van der Waals surface area contributed by atoms with E-state index in [1.54, 1.807) is 0 Å². The zero-order valence-corrected chi connectivity index (χ0v) is 16.2. The van der Waals surface area contributed by atoms with E-state index in [-0.39, 0.29) is 0 Å². The van der Waals surface area contributed by atoms with Crippen LogP contribution < -0.4 is 0 Å². The van der Waals surface area contributed by atoms with Gasteiger partial charge in [-0.1, -0.05) is 5.21 Å². The number of carboxylic acid groups (broad SMARTS) is 1. The van der Waals surface area contributed by atoms with E-state index in [4.69, 9.17) is 19.4 Å². The Bertz CT molecular complexity index is 673. The van der Waals surface area contributed by atoms with Crippen molar-refractivity contribution in [1.82, 2.24) is 19.9 Å². The molecule has 0 amide bonds. The van der Waals surface area contributed by atoms with E-state index in [2.05, 4.69) is 19.9 Å². The first-order valence-corrected chi connectivity index (χ1v) is 9.95. The topological polar surface area (TPSA) is 89.7 Å². The number of carbonyl (C=O) groups is 1. The highest BCUT2D eigenvalue weighted by Crippen LogP contribution is 2.29. The highest BCUT2D eigenvalue weighted by molar-refractivity contribution is 5.73. The van der Waals surface area contributed by atoms with Gasteiger partial charge < -0.3 is 14.6 Å². The van der Waals surface area contributed by atoms with E-state index in [0.29, 0.717) is 12.6 Å². The monoisotopic (exact) mass is 420 g/mol. The molecule has 1 aromatic rings. The lowest BCUT2D eigenvalue weighted by atomic mass is 10.1. The molecule has 0 bridgehead atoms. The van der Waals surface area contributed by atoms with Crippen LogP contribution in [0.1, 0.15) is 43.5 Å². The normalized spacial score (nSPS) is 21.1. The first-order chi connectivity index (χ1) is 13.8. The molecule has 0 spiro atoms. The molecule has 1 saturated heterocycles. The molecule has 1 saturated carbocycles. The molecule has 29 heavy (non-hydrogen) atoms. The molecular weight excluding hydrogens is 393 g/mol. The highest BCUT2D eigenvalue weighted by atomic mass is 19.4. The zero-order chi connectivity index (χ0) is 20.9. The number of aliphatic carboxylic acids is 1. The molecule has 2 fully saturated rings. The predicted molar refractivity (Wildman–Crippen MR) is 95.0 cm³/mol. The molecule has 3 heterocycles. The molecule has 4 rings (SSSR count). The van der Waals surface area contributed by atoms with Crippen LogP contribution >= 0.6 is 0 Å². The van der Waals surface area contributed by atoms with Crippen LogP contribution in [0.25, 0.3) is 0 Å². The summed E-state index contributed by atoms with van der Waals surface area (Å²) in [6, 6.07) is 0.649. The Hall–Kier alpha value is -1.72. The maximum atomic E-state index is 10.6. The molecule has 0 atom stereocenters. The van der Waals surface area contributed by atoms with Gasteiger partial charge >= 0.3 is 12.1 Å². The minimum absolute atomic E-state index is 0.619. The van der Waals surface area contributed by atoms with Crippen LogP contribution in [0.3, 0.4) is 0 Å². The van der Waals surface area contributed by atoms with Crippen LogP contribution in [-0.2, 0) is 34.0 Å². The van der Waals surface area contributed by atoms with Crippen molar-refractivity contribution in [1.29, 1.82) is 0 Å². The summed E-state index contributed by atoms with van der Waals surface area (Å²) in [5.41, 5.74) is 2.30. The third kappa shape index (κ3) is 6.65. The molecule has 11 heteroatoms. The fourth-order valence-electron chi connectivity index (χ4n) is 3.50. The molecular formula is C18H27F3N4O4. The van der Waals surface area contributed by atoms with Gasteiger partial charge in [-0.15, -0.1) is 5.10 Å². The number of carboxylic acids is 1. The molecule has 1 N–H and O–H groups in total. The minimum atomic E-state index is -5.08. The van der Waals surface area contributed by atoms with Crippen LogP contribution in [0.15, 0.2) is 0 Å². The van der Waals surface area contributed by atoms with Gasteiger partial charge in [-0.25, -0.2) is 9.48 Å². The number of rotatable bonds is 5. The largest absolute Gasteiger partial charge is 0.490 e. The number of aryl methyl sites for hydroxylation is 1. The van der Waals surface area contributed by atoms with Crippen molar-refractivity contribution < 1.29 is 32.5 Å². The number of hydrogen-bond donors (Lipinski definition) is 1. The average molecular weight is 420 g/mol. The third-order valence-electron chi connectivity index (χ3n) is 5.33. The van der Waals surface area contributed by atoms with Crippen molar-refractivity contribution in [3.8, 4) is 0 Å². The smallest absolute Gasteiger partial charge is 0.475 e. The molecule has 8 nitrogen and oxygen atoms in total. The lowest BCUT2D eigenvalue weighted by molar-refractivity contribution is -0.192. The van der Waals surface area contributed by atoms with E-state index in [9.17, 15) is 13.2 Å². The second kappa shape index (κ2) is 9.86. The maximum absolute atomic E-state index is 10.6. The second-order valence-electron chi connectivity index (χ2n) is 7.63. The van der Waals surface area contributed by atoms with E-state index >= 15 is 0 Å². The quantitative estimate of drug-likeness (QED) is 0.781. The summed E-state index contributed by atoms with van der Waals surface area (Å²) in [7, 11) is 0. The van der Waals surface area contributed by atoms with Gasteiger partial charge in [0.15, 0.2) is 0 Å². The standard InChI is InChI=1S/C16H26N4O2.C2HF3O2/c1-6-19(14-4-8-21-9-5-14)10-16-15(17-18-20(16)7-1)12-22-11-13-2-3-13;3-2(4,5)1(6)7/h13-14H,1-12H2;(H,6,7). The molecule has 0 unspecified atom stereocenters. The molecule has 3 aliphatic rings. The number of fused-ring (bicyclic) bond motifs is 1. The first kappa shape index (κ1) is 22.0. The van der Waals surface area contributed by atoms with Gasteiger partial charge in [0.1, 0.15) is 5.69 Å². The summed E-state index contributed by atoms with van der Waals surface area (Å²) in [5, 5.41) is 15.8. The number of alkyl halides is 3. The van der Waals surface area contributed by atoms with Gasteiger partial charge in [0.05, 0.1) is 12.3 Å². The maximum Gasteiger partial charge on any atom is 0.490 e. The Kier molecular flexibility index (Phi) is 7.47. The minimum Gasteiger partial charge on any atom is -0.475 e. The predicted octanol–water partition coefficient (Wildman–Crippen LogP) is 2.22. The lowest BCUT2D eigenvalue weighted by Gasteiger charge is -2.33. The number of aromatic nitrogens is 3. The van der Waals surface area contributed by atoms with Gasteiger partial charge in [0.2, 0.25) is 0 Å². The van der Waals surface area contributed by atoms with Crippen molar-refractivity contribution in [3.05, 3.63) is 11.4 Å². The Labute approximate surface area is 166 Å². The van der Waals surface area contributed by atoms with Gasteiger partial charge in [0.25, 0.3) is 0 Å². The highest BCUT2D eigenvalue weighted by Gasteiger charge is 2.38. The molecule has 0 aromatic carbocycles. The third-order valence-corrected chi connectivity index (χ3v) is 5.33. The number of nitrogens with zero attached hydrogens (tertiary/aromatic N) is 4. The van der Waals surface area contributed by atoms with E-state index < -0.39 is 12.1 Å². The van der Waals surface area contributed by atoms with Crippen molar-refractivity contribution in [2.75, 3.05) is 26.4 Å². The molecule has 1 aliphatic carbocycles. The second-order valence-corrected chi connectivity index (χ2v) is 7.63. The lowest BCUT2D eigenvalue weighted by Crippen LogP contribution is -2.39. The molecule has 164 valence electrons. The summed E-state index contributed by atoms with van der Waals surface area (Å²) < 4.78 is 45.2. The van der Waals surface area contributed by atoms with Gasteiger partial charge in [0, 0.05) is 45.5 Å². The van der Waals surface area contributed by atoms with Crippen molar-refractivity contribution >= 4 is 5.97 Å². The Balaban J connectivity index is 0.000000298. The van der Waals surface area contributed by atoms with Crippen molar-refractivity contribution in [3.63, 3.8) is 0 Å². The Morgan fingerprint density at radius 2 is 1.90 bits per heavy atom. The van der Waals surface area contributed by atoms with Crippen LogP contribution in [-0.4, -0.2) is 69.6 Å². The van der Waals surface area contributed by atoms with Crippen molar-refractivity contribution in [2.45, 2.75) is 64.0 Å². The Morgan fingerprint density at radius 3 is 2.52 bits per heavy atom. The summed E-state index contributed by atoms with van der Waals surface area (Å²) in [5.74, 6) is -1.96. The fourth-order valence-corrected chi connectivity index (χ4v) is 3.50.